The van der Waals surface area contributed by atoms with Gasteiger partial charge in [-0.1, -0.05) is 55.2 Å². The van der Waals surface area contributed by atoms with Crippen LogP contribution in [0.15, 0.2) is 58.3 Å². The third-order valence-corrected chi connectivity index (χ3v) is 7.21. The standard InChI is InChI=1S/C21H26O3S2/c1-16-12-14-17(15-13-16)26(22,23)24-20-10-5-3-4-8-18(20)19-9-6-7-11-21(19)25-2/h6-7,9,11-15,18,20H,3-5,8,10H2,1-2H3/t18-,20+/m1/s1. The fourth-order valence-electron chi connectivity index (χ4n) is 3.64. The molecule has 0 spiro atoms. The fraction of sp³-hybridized carbons (Fsp3) is 0.429. The van der Waals surface area contributed by atoms with E-state index in [4.69, 9.17) is 4.18 Å². The third-order valence-electron chi connectivity index (χ3n) is 5.05. The predicted molar refractivity (Wildman–Crippen MR) is 107 cm³/mol. The quantitative estimate of drug-likeness (QED) is 0.382. The summed E-state index contributed by atoms with van der Waals surface area (Å²) in [4.78, 5) is 1.45. The zero-order chi connectivity index (χ0) is 18.6. The van der Waals surface area contributed by atoms with Gasteiger partial charge in [0, 0.05) is 10.8 Å². The molecule has 0 bridgehead atoms. The summed E-state index contributed by atoms with van der Waals surface area (Å²) in [7, 11) is -3.76. The topological polar surface area (TPSA) is 43.4 Å². The molecule has 140 valence electrons. The van der Waals surface area contributed by atoms with E-state index < -0.39 is 10.1 Å². The molecule has 0 aromatic heterocycles. The van der Waals surface area contributed by atoms with E-state index >= 15 is 0 Å². The molecule has 2 aromatic carbocycles. The molecule has 2 aromatic rings. The van der Waals surface area contributed by atoms with Gasteiger partial charge in [0.1, 0.15) is 0 Å². The second-order valence-corrected chi connectivity index (χ2v) is 9.31. The van der Waals surface area contributed by atoms with Crippen LogP contribution in [-0.4, -0.2) is 20.8 Å². The molecule has 0 N–H and O–H groups in total. The van der Waals surface area contributed by atoms with Crippen LogP contribution in [0.2, 0.25) is 0 Å². The maximum Gasteiger partial charge on any atom is 0.297 e. The molecule has 0 amide bonds. The van der Waals surface area contributed by atoms with E-state index in [1.54, 1.807) is 23.9 Å². The summed E-state index contributed by atoms with van der Waals surface area (Å²) in [5, 5.41) is 0. The molecule has 0 aliphatic heterocycles. The molecule has 3 nitrogen and oxygen atoms in total. The van der Waals surface area contributed by atoms with Crippen molar-refractivity contribution in [3.8, 4) is 0 Å². The van der Waals surface area contributed by atoms with Gasteiger partial charge in [-0.25, -0.2) is 0 Å². The van der Waals surface area contributed by atoms with Gasteiger partial charge < -0.3 is 0 Å². The van der Waals surface area contributed by atoms with Crippen LogP contribution in [0, 0.1) is 6.92 Å². The minimum atomic E-state index is -3.76. The molecule has 26 heavy (non-hydrogen) atoms. The fourth-order valence-corrected chi connectivity index (χ4v) is 5.45. The monoisotopic (exact) mass is 390 g/mol. The van der Waals surface area contributed by atoms with Crippen molar-refractivity contribution in [3.05, 3.63) is 59.7 Å². The lowest BCUT2D eigenvalue weighted by Crippen LogP contribution is -2.25. The van der Waals surface area contributed by atoms with E-state index in [0.29, 0.717) is 0 Å². The van der Waals surface area contributed by atoms with Crippen molar-refractivity contribution in [2.45, 2.75) is 60.8 Å². The van der Waals surface area contributed by atoms with Crippen LogP contribution in [0.1, 0.15) is 49.1 Å². The Hall–Kier alpha value is -1.30. The molecule has 2 atom stereocenters. The van der Waals surface area contributed by atoms with Crippen molar-refractivity contribution in [1.82, 2.24) is 0 Å². The molecule has 1 aliphatic carbocycles. The van der Waals surface area contributed by atoms with Crippen LogP contribution in [0.5, 0.6) is 0 Å². The van der Waals surface area contributed by atoms with Gasteiger partial charge >= 0.3 is 0 Å². The first-order chi connectivity index (χ1) is 12.5. The number of hydrogen-bond acceptors (Lipinski definition) is 4. The summed E-state index contributed by atoms with van der Waals surface area (Å²) >= 11 is 1.71. The van der Waals surface area contributed by atoms with E-state index in [2.05, 4.69) is 18.4 Å². The van der Waals surface area contributed by atoms with E-state index in [0.717, 1.165) is 37.7 Å². The van der Waals surface area contributed by atoms with Gasteiger partial charge in [0.25, 0.3) is 10.1 Å². The first-order valence-electron chi connectivity index (χ1n) is 9.14. The number of aryl methyl sites for hydroxylation is 1. The summed E-state index contributed by atoms with van der Waals surface area (Å²) in [5.74, 6) is 0.112. The van der Waals surface area contributed by atoms with Gasteiger partial charge in [-0.2, -0.15) is 8.42 Å². The van der Waals surface area contributed by atoms with E-state index in [1.165, 1.54) is 10.5 Å². The van der Waals surface area contributed by atoms with Crippen LogP contribution in [0.25, 0.3) is 0 Å². The van der Waals surface area contributed by atoms with E-state index in [1.807, 2.05) is 31.2 Å². The first kappa shape index (κ1) is 19.5. The number of rotatable bonds is 5. The molecule has 3 rings (SSSR count). The van der Waals surface area contributed by atoms with Gasteiger partial charge in [-0.05, 0) is 49.8 Å². The smallest absolute Gasteiger partial charge is 0.262 e. The molecule has 1 aliphatic rings. The summed E-state index contributed by atoms with van der Waals surface area (Å²) in [6, 6.07) is 15.2. The number of benzene rings is 2. The van der Waals surface area contributed by atoms with Crippen LogP contribution in [0.4, 0.5) is 0 Å². The van der Waals surface area contributed by atoms with Crippen molar-refractivity contribution in [2.75, 3.05) is 6.26 Å². The molecule has 0 saturated heterocycles. The molecular formula is C21H26O3S2. The lowest BCUT2D eigenvalue weighted by molar-refractivity contribution is 0.167. The second-order valence-electron chi connectivity index (χ2n) is 6.89. The molecule has 5 heteroatoms. The summed E-state index contributed by atoms with van der Waals surface area (Å²) in [5.41, 5.74) is 2.25. The van der Waals surface area contributed by atoms with Crippen molar-refractivity contribution in [2.24, 2.45) is 0 Å². The van der Waals surface area contributed by atoms with Crippen LogP contribution in [0.3, 0.4) is 0 Å². The second kappa shape index (κ2) is 8.59. The lowest BCUT2D eigenvalue weighted by atomic mass is 9.89. The molecule has 0 unspecified atom stereocenters. The lowest BCUT2D eigenvalue weighted by Gasteiger charge is -2.26. The van der Waals surface area contributed by atoms with Crippen molar-refractivity contribution in [1.29, 1.82) is 0 Å². The average Bonchev–Trinajstić information content (AvgIpc) is 2.87. The van der Waals surface area contributed by atoms with Gasteiger partial charge in [0.15, 0.2) is 0 Å². The van der Waals surface area contributed by atoms with E-state index in [-0.39, 0.29) is 16.9 Å². The van der Waals surface area contributed by atoms with Crippen molar-refractivity contribution >= 4 is 21.9 Å². The van der Waals surface area contributed by atoms with Gasteiger partial charge in [0.05, 0.1) is 11.0 Å². The number of thioether (sulfide) groups is 1. The van der Waals surface area contributed by atoms with Crippen molar-refractivity contribution < 1.29 is 12.6 Å². The Morgan fingerprint density at radius 1 is 0.962 bits per heavy atom. The Balaban J connectivity index is 1.91. The van der Waals surface area contributed by atoms with Gasteiger partial charge in [-0.3, -0.25) is 4.18 Å². The molecule has 1 saturated carbocycles. The zero-order valence-electron chi connectivity index (χ0n) is 15.4. The highest BCUT2D eigenvalue weighted by atomic mass is 32.2. The maximum atomic E-state index is 12.8. The molecule has 0 radical (unpaired) electrons. The SMILES string of the molecule is CSc1ccccc1[C@H]1CCCCC[C@@H]1OS(=O)(=O)c1ccc(C)cc1. The molecule has 0 heterocycles. The normalized spacial score (nSPS) is 21.3. The van der Waals surface area contributed by atoms with Crippen molar-refractivity contribution in [3.63, 3.8) is 0 Å². The van der Waals surface area contributed by atoms with Gasteiger partial charge in [0.2, 0.25) is 0 Å². The molecular weight excluding hydrogens is 364 g/mol. The zero-order valence-corrected chi connectivity index (χ0v) is 17.0. The summed E-state index contributed by atoms with van der Waals surface area (Å²) in [6.45, 7) is 1.94. The Morgan fingerprint density at radius 2 is 1.65 bits per heavy atom. The van der Waals surface area contributed by atoms with E-state index in [9.17, 15) is 8.42 Å². The summed E-state index contributed by atoms with van der Waals surface area (Å²) in [6.07, 6.45) is 6.74. The number of hydrogen-bond donors (Lipinski definition) is 0. The maximum absolute atomic E-state index is 12.8. The highest BCUT2D eigenvalue weighted by molar-refractivity contribution is 7.98. The van der Waals surface area contributed by atoms with Gasteiger partial charge in [-0.15, -0.1) is 11.8 Å². The Bertz CT molecular complexity index is 829. The Labute approximate surface area is 161 Å². The summed E-state index contributed by atoms with van der Waals surface area (Å²) < 4.78 is 31.5. The minimum absolute atomic E-state index is 0.112. The minimum Gasteiger partial charge on any atom is -0.262 e. The Kier molecular flexibility index (Phi) is 6.43. The average molecular weight is 391 g/mol. The highest BCUT2D eigenvalue weighted by Gasteiger charge is 2.32. The highest BCUT2D eigenvalue weighted by Crippen LogP contribution is 2.39. The van der Waals surface area contributed by atoms with Crippen LogP contribution >= 0.6 is 11.8 Å². The Morgan fingerprint density at radius 3 is 2.38 bits per heavy atom. The first-order valence-corrected chi connectivity index (χ1v) is 11.8. The molecule has 1 fully saturated rings. The third kappa shape index (κ3) is 4.51. The van der Waals surface area contributed by atoms with Crippen LogP contribution in [-0.2, 0) is 14.3 Å². The predicted octanol–water partition coefficient (Wildman–Crippen LogP) is 5.54. The largest absolute Gasteiger partial charge is 0.297 e. The van der Waals surface area contributed by atoms with Crippen LogP contribution < -0.4 is 0 Å².